The quantitative estimate of drug-likeness (QED) is 0.872. The second-order valence-electron chi connectivity index (χ2n) is 3.36. The van der Waals surface area contributed by atoms with E-state index in [1.54, 1.807) is 0 Å². The summed E-state index contributed by atoms with van der Waals surface area (Å²) in [6, 6.07) is 7.52. The molecule has 94 valence electrons. The molecule has 0 aliphatic heterocycles. The van der Waals surface area contributed by atoms with Crippen LogP contribution in [-0.2, 0) is 0 Å². The Balaban J connectivity index is 2.30. The minimum atomic E-state index is 0.405. The number of benzene rings is 1. The Morgan fingerprint density at radius 3 is 2.83 bits per heavy atom. The van der Waals surface area contributed by atoms with Crippen molar-refractivity contribution in [2.24, 2.45) is 0 Å². The minimum Gasteiger partial charge on any atom is -0.476 e. The van der Waals surface area contributed by atoms with Gasteiger partial charge in [-0.15, -0.1) is 0 Å². The molecular formula is C12H12ClN3OS. The molecule has 0 unspecified atom stereocenters. The Hall–Kier alpha value is -1.46. The smallest absolute Gasteiger partial charge is 0.241 e. The van der Waals surface area contributed by atoms with E-state index in [4.69, 9.17) is 22.1 Å². The molecule has 0 aliphatic carbocycles. The summed E-state index contributed by atoms with van der Waals surface area (Å²) >= 11 is 7.48. The summed E-state index contributed by atoms with van der Waals surface area (Å²) in [5.41, 5.74) is 6.39. The lowest BCUT2D eigenvalue weighted by molar-refractivity contribution is 0.327. The van der Waals surface area contributed by atoms with Crippen LogP contribution in [0, 0.1) is 0 Å². The average Bonchev–Trinajstić information content (AvgIpc) is 2.37. The Kier molecular flexibility index (Phi) is 4.28. The molecule has 0 fully saturated rings. The molecule has 0 bridgehead atoms. The molecule has 1 aromatic heterocycles. The predicted molar refractivity (Wildman–Crippen MR) is 73.2 cm³/mol. The van der Waals surface area contributed by atoms with E-state index >= 15 is 0 Å². The Morgan fingerprint density at radius 1 is 1.33 bits per heavy atom. The molecule has 0 radical (unpaired) electrons. The topological polar surface area (TPSA) is 61.0 Å². The van der Waals surface area contributed by atoms with Crippen molar-refractivity contribution < 1.29 is 4.74 Å². The molecule has 0 saturated carbocycles. The van der Waals surface area contributed by atoms with Crippen LogP contribution >= 0.6 is 23.4 Å². The highest BCUT2D eigenvalue weighted by Crippen LogP contribution is 2.36. The van der Waals surface area contributed by atoms with Crippen LogP contribution in [0.3, 0.4) is 0 Å². The summed E-state index contributed by atoms with van der Waals surface area (Å²) < 4.78 is 5.32. The summed E-state index contributed by atoms with van der Waals surface area (Å²) in [6.45, 7) is 2.39. The van der Waals surface area contributed by atoms with Crippen LogP contribution in [0.1, 0.15) is 6.92 Å². The van der Waals surface area contributed by atoms with Crippen LogP contribution in [0.4, 0.5) is 5.69 Å². The first-order valence-corrected chi connectivity index (χ1v) is 6.57. The third-order valence-corrected chi connectivity index (χ3v) is 3.67. The molecule has 2 aromatic rings. The van der Waals surface area contributed by atoms with Gasteiger partial charge in [0.05, 0.1) is 11.6 Å². The SMILES string of the molecule is CCOc1ncnc(Sc2ccccc2Cl)c1N. The second kappa shape index (κ2) is 5.93. The molecule has 0 atom stereocenters. The number of ether oxygens (including phenoxy) is 1. The van der Waals surface area contributed by atoms with Gasteiger partial charge >= 0.3 is 0 Å². The number of nitrogen functional groups attached to an aromatic ring is 1. The maximum Gasteiger partial charge on any atom is 0.241 e. The van der Waals surface area contributed by atoms with Crippen LogP contribution in [0.5, 0.6) is 5.88 Å². The maximum atomic E-state index is 6.09. The van der Waals surface area contributed by atoms with Crippen LogP contribution in [0.25, 0.3) is 0 Å². The van der Waals surface area contributed by atoms with E-state index in [9.17, 15) is 0 Å². The van der Waals surface area contributed by atoms with Crippen molar-refractivity contribution >= 4 is 29.1 Å². The van der Waals surface area contributed by atoms with Crippen LogP contribution in [0.15, 0.2) is 40.5 Å². The zero-order valence-electron chi connectivity index (χ0n) is 9.76. The van der Waals surface area contributed by atoms with Gasteiger partial charge in [0.2, 0.25) is 5.88 Å². The molecule has 2 rings (SSSR count). The van der Waals surface area contributed by atoms with Gasteiger partial charge in [-0.25, -0.2) is 4.98 Å². The first kappa shape index (κ1) is 13.0. The van der Waals surface area contributed by atoms with Gasteiger partial charge < -0.3 is 10.5 Å². The number of halogens is 1. The molecule has 0 saturated heterocycles. The van der Waals surface area contributed by atoms with Gasteiger partial charge in [-0.05, 0) is 19.1 Å². The van der Waals surface area contributed by atoms with Gasteiger partial charge in [0.25, 0.3) is 0 Å². The lowest BCUT2D eigenvalue weighted by atomic mass is 10.4. The normalized spacial score (nSPS) is 10.3. The molecule has 18 heavy (non-hydrogen) atoms. The van der Waals surface area contributed by atoms with E-state index in [1.807, 2.05) is 31.2 Å². The summed E-state index contributed by atoms with van der Waals surface area (Å²) in [5, 5.41) is 1.31. The molecule has 2 N–H and O–H groups in total. The van der Waals surface area contributed by atoms with E-state index in [0.717, 1.165) is 4.90 Å². The van der Waals surface area contributed by atoms with E-state index in [0.29, 0.717) is 28.2 Å². The molecule has 1 aromatic carbocycles. The van der Waals surface area contributed by atoms with Gasteiger partial charge in [-0.1, -0.05) is 35.5 Å². The fourth-order valence-electron chi connectivity index (χ4n) is 1.33. The highest BCUT2D eigenvalue weighted by molar-refractivity contribution is 7.99. The van der Waals surface area contributed by atoms with E-state index in [2.05, 4.69) is 9.97 Å². The standard InChI is InChI=1S/C12H12ClN3OS/c1-2-17-11-10(14)12(16-7-15-11)18-9-6-4-3-5-8(9)13/h3-7H,2,14H2,1H3. The van der Waals surface area contributed by atoms with E-state index < -0.39 is 0 Å². The predicted octanol–water partition coefficient (Wildman–Crippen LogP) is 3.26. The number of anilines is 1. The fraction of sp³-hybridized carbons (Fsp3) is 0.167. The van der Waals surface area contributed by atoms with Gasteiger partial charge in [-0.3, -0.25) is 0 Å². The first-order chi connectivity index (χ1) is 8.72. The number of nitrogens with two attached hydrogens (primary N) is 1. The maximum absolute atomic E-state index is 6.09. The molecule has 1 heterocycles. The highest BCUT2D eigenvalue weighted by atomic mass is 35.5. The monoisotopic (exact) mass is 281 g/mol. The van der Waals surface area contributed by atoms with Crippen molar-refractivity contribution in [1.29, 1.82) is 0 Å². The van der Waals surface area contributed by atoms with Crippen molar-refractivity contribution in [2.45, 2.75) is 16.8 Å². The first-order valence-electron chi connectivity index (χ1n) is 5.38. The van der Waals surface area contributed by atoms with Gasteiger partial charge in [-0.2, -0.15) is 4.98 Å². The van der Waals surface area contributed by atoms with Crippen LogP contribution in [-0.4, -0.2) is 16.6 Å². The van der Waals surface area contributed by atoms with Crippen LogP contribution < -0.4 is 10.5 Å². The van der Waals surface area contributed by atoms with E-state index in [1.165, 1.54) is 18.1 Å². The number of hydrogen-bond donors (Lipinski definition) is 1. The summed E-state index contributed by atoms with van der Waals surface area (Å²) in [7, 11) is 0. The van der Waals surface area contributed by atoms with Gasteiger partial charge in [0, 0.05) is 4.90 Å². The van der Waals surface area contributed by atoms with Gasteiger partial charge in [0.1, 0.15) is 17.0 Å². The number of hydrogen-bond acceptors (Lipinski definition) is 5. The Labute approximate surface area is 115 Å². The highest BCUT2D eigenvalue weighted by Gasteiger charge is 2.11. The lowest BCUT2D eigenvalue weighted by Gasteiger charge is -2.09. The summed E-state index contributed by atoms with van der Waals surface area (Å²) in [4.78, 5) is 9.03. The third-order valence-electron chi connectivity index (χ3n) is 2.14. The largest absolute Gasteiger partial charge is 0.476 e. The Morgan fingerprint density at radius 2 is 2.11 bits per heavy atom. The van der Waals surface area contributed by atoms with Crippen molar-refractivity contribution in [3.8, 4) is 5.88 Å². The summed E-state index contributed by atoms with van der Waals surface area (Å²) in [6.07, 6.45) is 1.43. The van der Waals surface area contributed by atoms with Crippen molar-refractivity contribution in [3.05, 3.63) is 35.6 Å². The molecular weight excluding hydrogens is 270 g/mol. The average molecular weight is 282 g/mol. The molecule has 0 spiro atoms. The van der Waals surface area contributed by atoms with Crippen molar-refractivity contribution in [3.63, 3.8) is 0 Å². The second-order valence-corrected chi connectivity index (χ2v) is 4.80. The molecule has 0 amide bonds. The molecule has 0 aliphatic rings. The molecule has 4 nitrogen and oxygen atoms in total. The minimum absolute atomic E-state index is 0.405. The van der Waals surface area contributed by atoms with Crippen molar-refractivity contribution in [2.75, 3.05) is 12.3 Å². The van der Waals surface area contributed by atoms with Crippen LogP contribution in [0.2, 0.25) is 5.02 Å². The number of rotatable bonds is 4. The fourth-order valence-corrected chi connectivity index (χ4v) is 2.40. The van der Waals surface area contributed by atoms with Crippen molar-refractivity contribution in [1.82, 2.24) is 9.97 Å². The third kappa shape index (κ3) is 2.86. The van der Waals surface area contributed by atoms with E-state index in [-0.39, 0.29) is 0 Å². The molecule has 6 heteroatoms. The van der Waals surface area contributed by atoms with Gasteiger partial charge in [0.15, 0.2) is 0 Å². The summed E-state index contributed by atoms with van der Waals surface area (Å²) in [5.74, 6) is 0.405. The number of nitrogens with zero attached hydrogens (tertiary/aromatic N) is 2. The number of aromatic nitrogens is 2. The Bertz CT molecular complexity index is 551. The zero-order valence-corrected chi connectivity index (χ0v) is 11.3. The zero-order chi connectivity index (χ0) is 13.0. The lowest BCUT2D eigenvalue weighted by Crippen LogP contribution is -2.02.